The average molecular weight is 483 g/mol. The molecule has 1 atom stereocenters. The number of hydrogen-bond donors (Lipinski definition) is 1. The normalized spacial score (nSPS) is 16.9. The molecule has 2 aromatic carbocycles. The van der Waals surface area contributed by atoms with Gasteiger partial charge in [-0.1, -0.05) is 17.7 Å². The summed E-state index contributed by atoms with van der Waals surface area (Å²) in [5.74, 6) is 0.743. The predicted octanol–water partition coefficient (Wildman–Crippen LogP) is 3.08. The van der Waals surface area contributed by atoms with Crippen molar-refractivity contribution in [3.05, 3.63) is 47.0 Å². The van der Waals surface area contributed by atoms with Crippen LogP contribution in [-0.4, -0.2) is 53.0 Å². The molecule has 1 aliphatic heterocycles. The summed E-state index contributed by atoms with van der Waals surface area (Å²) in [6.45, 7) is 0.720. The molecule has 174 valence electrons. The molecule has 3 rings (SSSR count). The molecule has 8 nitrogen and oxygen atoms in total. The van der Waals surface area contributed by atoms with Crippen LogP contribution in [0.1, 0.15) is 18.4 Å². The first kappa shape index (κ1) is 24.2. The summed E-state index contributed by atoms with van der Waals surface area (Å²) in [5.41, 5.74) is 0.847. The van der Waals surface area contributed by atoms with Crippen LogP contribution in [0, 0.1) is 5.92 Å². The van der Waals surface area contributed by atoms with Gasteiger partial charge in [-0.3, -0.25) is 4.79 Å². The molecule has 2 aromatic rings. The van der Waals surface area contributed by atoms with E-state index >= 15 is 0 Å². The van der Waals surface area contributed by atoms with Crippen molar-refractivity contribution in [3.63, 3.8) is 0 Å². The lowest BCUT2D eigenvalue weighted by Crippen LogP contribution is -2.45. The number of rotatable bonds is 8. The molecule has 0 aliphatic carbocycles. The summed E-state index contributed by atoms with van der Waals surface area (Å²) < 4.78 is 43.5. The van der Waals surface area contributed by atoms with E-state index in [9.17, 15) is 13.2 Å². The molecule has 1 N–H and O–H groups in total. The lowest BCUT2D eigenvalue weighted by molar-refractivity contribution is -0.126. The zero-order valence-corrected chi connectivity index (χ0v) is 19.8. The van der Waals surface area contributed by atoms with Gasteiger partial charge >= 0.3 is 0 Å². The number of ether oxygens (including phenoxy) is 3. The molecule has 1 heterocycles. The second-order valence-corrected chi connectivity index (χ2v) is 9.75. The van der Waals surface area contributed by atoms with E-state index in [1.54, 1.807) is 32.4 Å². The van der Waals surface area contributed by atoms with Gasteiger partial charge in [-0.25, -0.2) is 8.42 Å². The summed E-state index contributed by atoms with van der Waals surface area (Å²) in [6.07, 6.45) is 1.19. The fourth-order valence-corrected chi connectivity index (χ4v) is 5.63. The molecule has 1 aliphatic rings. The number of piperidine rings is 1. The van der Waals surface area contributed by atoms with Crippen molar-refractivity contribution in [1.29, 1.82) is 0 Å². The predicted molar refractivity (Wildman–Crippen MR) is 121 cm³/mol. The highest BCUT2D eigenvalue weighted by molar-refractivity contribution is 7.89. The monoisotopic (exact) mass is 482 g/mol. The average Bonchev–Trinajstić information content (AvgIpc) is 2.82. The number of halogens is 1. The van der Waals surface area contributed by atoms with Gasteiger partial charge in [0.05, 0.1) is 27.2 Å². The molecule has 1 saturated heterocycles. The summed E-state index contributed by atoms with van der Waals surface area (Å²) >= 11 is 6.02. The highest BCUT2D eigenvalue weighted by Gasteiger charge is 2.35. The second kappa shape index (κ2) is 10.4. The maximum Gasteiger partial charge on any atom is 0.246 e. The summed E-state index contributed by atoms with van der Waals surface area (Å²) in [5, 5.41) is 3.20. The van der Waals surface area contributed by atoms with Crippen molar-refractivity contribution < 1.29 is 27.4 Å². The molecule has 0 unspecified atom stereocenters. The quantitative estimate of drug-likeness (QED) is 0.621. The molecule has 1 amide bonds. The Morgan fingerprint density at radius 2 is 1.75 bits per heavy atom. The number of hydrogen-bond acceptors (Lipinski definition) is 6. The lowest BCUT2D eigenvalue weighted by atomic mass is 9.98. The van der Waals surface area contributed by atoms with Gasteiger partial charge < -0.3 is 19.5 Å². The van der Waals surface area contributed by atoms with Gasteiger partial charge in [-0.05, 0) is 48.7 Å². The minimum Gasteiger partial charge on any atom is -0.495 e. The van der Waals surface area contributed by atoms with Crippen LogP contribution >= 0.6 is 11.6 Å². The number of carbonyl (C=O) groups excluding carboxylic acids is 1. The van der Waals surface area contributed by atoms with E-state index in [1.165, 1.54) is 23.5 Å². The number of nitrogens with one attached hydrogen (secondary N) is 1. The SMILES string of the molecule is COc1ccc(CNC(=O)[C@@H]2CCCN(S(=O)(=O)c3cc(Cl)ccc3OC)C2)cc1OC. The highest BCUT2D eigenvalue weighted by atomic mass is 35.5. The number of amides is 1. The number of benzene rings is 2. The maximum atomic E-state index is 13.2. The third-order valence-corrected chi connectivity index (χ3v) is 7.53. The van der Waals surface area contributed by atoms with Crippen LogP contribution in [0.4, 0.5) is 0 Å². The van der Waals surface area contributed by atoms with Gasteiger partial charge in [0.1, 0.15) is 10.6 Å². The summed E-state index contributed by atoms with van der Waals surface area (Å²) in [4.78, 5) is 12.8. The third kappa shape index (κ3) is 5.28. The van der Waals surface area contributed by atoms with Crippen LogP contribution in [0.3, 0.4) is 0 Å². The molecule has 0 aromatic heterocycles. The summed E-state index contributed by atoms with van der Waals surface area (Å²) in [6, 6.07) is 9.86. The number of methoxy groups -OCH3 is 3. The largest absolute Gasteiger partial charge is 0.495 e. The lowest BCUT2D eigenvalue weighted by Gasteiger charge is -2.31. The van der Waals surface area contributed by atoms with E-state index in [-0.39, 0.29) is 23.1 Å². The van der Waals surface area contributed by atoms with Gasteiger partial charge in [0.25, 0.3) is 0 Å². The summed E-state index contributed by atoms with van der Waals surface area (Å²) in [7, 11) is 0.646. The first-order chi connectivity index (χ1) is 15.3. The first-order valence-corrected chi connectivity index (χ1v) is 11.9. The van der Waals surface area contributed by atoms with Crippen molar-refractivity contribution in [3.8, 4) is 17.2 Å². The second-order valence-electron chi connectivity index (χ2n) is 7.40. The Balaban J connectivity index is 1.69. The van der Waals surface area contributed by atoms with Crippen LogP contribution < -0.4 is 19.5 Å². The van der Waals surface area contributed by atoms with Gasteiger partial charge in [0, 0.05) is 24.7 Å². The molecular weight excluding hydrogens is 456 g/mol. The Hall–Kier alpha value is -2.49. The Labute approximate surface area is 193 Å². The molecule has 0 bridgehead atoms. The van der Waals surface area contributed by atoms with E-state index in [1.807, 2.05) is 6.07 Å². The number of carbonyl (C=O) groups is 1. The van der Waals surface area contributed by atoms with Crippen LogP contribution in [0.2, 0.25) is 5.02 Å². The molecule has 0 saturated carbocycles. The van der Waals surface area contributed by atoms with E-state index in [4.69, 9.17) is 25.8 Å². The molecule has 32 heavy (non-hydrogen) atoms. The molecule has 1 fully saturated rings. The van der Waals surface area contributed by atoms with Gasteiger partial charge in [0.2, 0.25) is 15.9 Å². The van der Waals surface area contributed by atoms with Crippen molar-refractivity contribution in [2.45, 2.75) is 24.3 Å². The van der Waals surface area contributed by atoms with Gasteiger partial charge in [-0.2, -0.15) is 4.31 Å². The topological polar surface area (TPSA) is 94.2 Å². The van der Waals surface area contributed by atoms with E-state index in [0.29, 0.717) is 42.5 Å². The Kier molecular flexibility index (Phi) is 7.86. The molecule has 10 heteroatoms. The van der Waals surface area contributed by atoms with Crippen molar-refractivity contribution in [2.24, 2.45) is 5.92 Å². The van der Waals surface area contributed by atoms with E-state index < -0.39 is 15.9 Å². The zero-order valence-electron chi connectivity index (χ0n) is 18.3. The van der Waals surface area contributed by atoms with E-state index in [0.717, 1.165) is 5.56 Å². The van der Waals surface area contributed by atoms with Crippen LogP contribution in [0.5, 0.6) is 17.2 Å². The fourth-order valence-electron chi connectivity index (χ4n) is 3.69. The minimum absolute atomic E-state index is 0.00103. The third-order valence-electron chi connectivity index (χ3n) is 5.41. The van der Waals surface area contributed by atoms with Crippen molar-refractivity contribution in [2.75, 3.05) is 34.4 Å². The van der Waals surface area contributed by atoms with Crippen LogP contribution in [-0.2, 0) is 21.4 Å². The number of sulfonamides is 1. The maximum absolute atomic E-state index is 13.2. The smallest absolute Gasteiger partial charge is 0.246 e. The first-order valence-electron chi connectivity index (χ1n) is 10.1. The van der Waals surface area contributed by atoms with Gasteiger partial charge in [0.15, 0.2) is 11.5 Å². The Morgan fingerprint density at radius 1 is 1.06 bits per heavy atom. The molecular formula is C22H27ClN2O6S. The molecule has 0 radical (unpaired) electrons. The van der Waals surface area contributed by atoms with Crippen LogP contribution in [0.15, 0.2) is 41.3 Å². The Morgan fingerprint density at radius 3 is 2.44 bits per heavy atom. The number of nitrogens with zero attached hydrogens (tertiary/aromatic N) is 1. The van der Waals surface area contributed by atoms with Crippen LogP contribution in [0.25, 0.3) is 0 Å². The van der Waals surface area contributed by atoms with E-state index in [2.05, 4.69) is 5.32 Å². The highest BCUT2D eigenvalue weighted by Crippen LogP contribution is 2.32. The molecule has 0 spiro atoms. The van der Waals surface area contributed by atoms with Gasteiger partial charge in [-0.15, -0.1) is 0 Å². The Bertz CT molecular complexity index is 1080. The van der Waals surface area contributed by atoms with Crippen molar-refractivity contribution >= 4 is 27.5 Å². The van der Waals surface area contributed by atoms with Crippen molar-refractivity contribution in [1.82, 2.24) is 9.62 Å². The zero-order chi connectivity index (χ0) is 23.3. The minimum atomic E-state index is -3.86. The fraction of sp³-hybridized carbons (Fsp3) is 0.409. The standard InChI is InChI=1S/C22H27ClN2O6S/c1-29-18-8-6-15(11-20(18)31-3)13-24-22(26)16-5-4-10-25(14-16)32(27,28)21-12-17(23)7-9-19(21)30-2/h6-9,11-12,16H,4-5,10,13-14H2,1-3H3,(H,24,26)/t16-/m1/s1.